The number of carbonyl (C=O) groups is 2. The molecule has 4 N–H and O–H groups in total. The normalized spacial score (nSPS) is 20.4. The second-order valence-corrected chi connectivity index (χ2v) is 10.2. The predicted octanol–water partition coefficient (Wildman–Crippen LogP) is 3.40. The van der Waals surface area contributed by atoms with E-state index >= 15 is 0 Å². The van der Waals surface area contributed by atoms with Gasteiger partial charge in [0.05, 0.1) is 17.7 Å². The number of nitrogens with zero attached hydrogens (tertiary/aromatic N) is 2. The van der Waals surface area contributed by atoms with Crippen molar-refractivity contribution in [1.29, 1.82) is 0 Å². The SMILES string of the molecule is Cc1[nH]c2c(-c3ccc(F)cc3OCC3CC3)ncnc2c1C(=O)NC1CCC(NC(=O)[C@H](C)O)CC1. The number of aromatic nitrogens is 3. The lowest BCUT2D eigenvalue weighted by Crippen LogP contribution is -2.46. The van der Waals surface area contributed by atoms with Crippen LogP contribution in [-0.2, 0) is 4.79 Å². The largest absolute Gasteiger partial charge is 0.492 e. The Bertz CT molecular complexity index is 1310. The van der Waals surface area contributed by atoms with Gasteiger partial charge in [-0.25, -0.2) is 14.4 Å². The monoisotopic (exact) mass is 509 g/mol. The summed E-state index contributed by atoms with van der Waals surface area (Å²) in [6, 6.07) is 4.35. The number of fused-ring (bicyclic) bond motifs is 1. The molecular formula is C27H32FN5O4. The van der Waals surface area contributed by atoms with Crippen LogP contribution >= 0.6 is 0 Å². The molecule has 9 nitrogen and oxygen atoms in total. The van der Waals surface area contributed by atoms with Crippen molar-refractivity contribution in [2.75, 3.05) is 6.61 Å². The van der Waals surface area contributed by atoms with Crippen LogP contribution in [0.25, 0.3) is 22.3 Å². The van der Waals surface area contributed by atoms with Crippen molar-refractivity contribution in [2.45, 2.75) is 70.6 Å². The lowest BCUT2D eigenvalue weighted by atomic mass is 9.90. The number of amides is 2. The summed E-state index contributed by atoms with van der Waals surface area (Å²) in [5, 5.41) is 15.4. The first kappa shape index (κ1) is 25.1. The number of carbonyl (C=O) groups excluding carboxylic acids is 2. The lowest BCUT2D eigenvalue weighted by molar-refractivity contribution is -0.129. The molecule has 2 amide bonds. The average molecular weight is 510 g/mol. The molecule has 2 fully saturated rings. The van der Waals surface area contributed by atoms with Crippen LogP contribution in [0, 0.1) is 18.7 Å². The van der Waals surface area contributed by atoms with E-state index in [1.54, 1.807) is 6.07 Å². The minimum Gasteiger partial charge on any atom is -0.492 e. The van der Waals surface area contributed by atoms with Gasteiger partial charge in [-0.2, -0.15) is 0 Å². The highest BCUT2D eigenvalue weighted by molar-refractivity contribution is 6.09. The summed E-state index contributed by atoms with van der Waals surface area (Å²) in [5.74, 6) is -0.0599. The molecule has 3 aromatic rings. The summed E-state index contributed by atoms with van der Waals surface area (Å²) in [6.07, 6.45) is 5.48. The van der Waals surface area contributed by atoms with Crippen molar-refractivity contribution < 1.29 is 23.8 Å². The van der Waals surface area contributed by atoms with Gasteiger partial charge in [0, 0.05) is 29.4 Å². The minimum absolute atomic E-state index is 0.00702. The fourth-order valence-corrected chi connectivity index (χ4v) is 4.87. The number of nitrogens with one attached hydrogen (secondary N) is 3. The molecule has 1 aromatic carbocycles. The van der Waals surface area contributed by atoms with Crippen LogP contribution in [0.4, 0.5) is 4.39 Å². The molecule has 2 aliphatic carbocycles. The van der Waals surface area contributed by atoms with Gasteiger partial charge < -0.3 is 25.5 Å². The molecule has 0 unspecified atom stereocenters. The predicted molar refractivity (Wildman–Crippen MR) is 136 cm³/mol. The van der Waals surface area contributed by atoms with Crippen LogP contribution in [0.5, 0.6) is 5.75 Å². The third-order valence-corrected chi connectivity index (χ3v) is 7.16. The van der Waals surface area contributed by atoms with E-state index in [9.17, 15) is 19.1 Å². The third-order valence-electron chi connectivity index (χ3n) is 7.16. The lowest BCUT2D eigenvalue weighted by Gasteiger charge is -2.30. The molecule has 0 spiro atoms. The number of benzene rings is 1. The quantitative estimate of drug-likeness (QED) is 0.368. The highest BCUT2D eigenvalue weighted by Gasteiger charge is 2.28. The van der Waals surface area contributed by atoms with E-state index < -0.39 is 6.10 Å². The van der Waals surface area contributed by atoms with Gasteiger partial charge in [-0.05, 0) is 70.4 Å². The van der Waals surface area contributed by atoms with Crippen molar-refractivity contribution in [3.05, 3.63) is 41.6 Å². The molecule has 37 heavy (non-hydrogen) atoms. The molecule has 0 aliphatic heterocycles. The van der Waals surface area contributed by atoms with E-state index in [0.29, 0.717) is 51.8 Å². The number of aromatic amines is 1. The summed E-state index contributed by atoms with van der Waals surface area (Å²) >= 11 is 0. The number of halogens is 1. The summed E-state index contributed by atoms with van der Waals surface area (Å²) in [4.78, 5) is 37.2. The standard InChI is InChI=1S/C27H32FN5O4/c1-14-22(27(36)33-19-8-6-18(7-9-19)32-26(35)15(2)34)24-25(31-14)23(29-13-30-24)20-10-5-17(28)11-21(20)37-12-16-3-4-16/h5,10-11,13,15-16,18-19,31,34H,3-4,6-9,12H2,1-2H3,(H,32,35)(H,33,36)/t15-,18?,19?/m0/s1. The van der Waals surface area contributed by atoms with Gasteiger partial charge in [0.15, 0.2) is 0 Å². The molecule has 0 saturated heterocycles. The molecule has 10 heteroatoms. The number of aryl methyl sites for hydroxylation is 1. The van der Waals surface area contributed by atoms with Crippen LogP contribution in [0.3, 0.4) is 0 Å². The zero-order valence-corrected chi connectivity index (χ0v) is 21.0. The Morgan fingerprint density at radius 2 is 1.84 bits per heavy atom. The van der Waals surface area contributed by atoms with Crippen molar-refractivity contribution in [3.8, 4) is 17.0 Å². The molecule has 0 radical (unpaired) electrons. The van der Waals surface area contributed by atoms with Crippen LogP contribution in [0.15, 0.2) is 24.5 Å². The van der Waals surface area contributed by atoms with E-state index in [4.69, 9.17) is 4.74 Å². The van der Waals surface area contributed by atoms with Crippen LogP contribution in [0.2, 0.25) is 0 Å². The molecule has 2 heterocycles. The zero-order chi connectivity index (χ0) is 26.1. The fraction of sp³-hybridized carbons (Fsp3) is 0.481. The molecule has 2 saturated carbocycles. The average Bonchev–Trinajstić information content (AvgIpc) is 3.63. The molecule has 196 valence electrons. The summed E-state index contributed by atoms with van der Waals surface area (Å²) in [5.41, 5.74) is 3.39. The van der Waals surface area contributed by atoms with Crippen molar-refractivity contribution in [2.24, 2.45) is 5.92 Å². The zero-order valence-electron chi connectivity index (χ0n) is 21.0. The number of aliphatic hydroxyl groups is 1. The molecular weight excluding hydrogens is 477 g/mol. The number of hydrogen-bond acceptors (Lipinski definition) is 6. The van der Waals surface area contributed by atoms with E-state index in [1.165, 1.54) is 25.4 Å². The van der Waals surface area contributed by atoms with Gasteiger partial charge in [-0.1, -0.05) is 0 Å². The van der Waals surface area contributed by atoms with Crippen molar-refractivity contribution in [1.82, 2.24) is 25.6 Å². The Balaban J connectivity index is 1.34. The molecule has 5 rings (SSSR count). The molecule has 2 aromatic heterocycles. The second-order valence-electron chi connectivity index (χ2n) is 10.2. The smallest absolute Gasteiger partial charge is 0.255 e. The fourth-order valence-electron chi connectivity index (χ4n) is 4.87. The highest BCUT2D eigenvalue weighted by Crippen LogP contribution is 2.36. The topological polar surface area (TPSA) is 129 Å². The van der Waals surface area contributed by atoms with E-state index in [0.717, 1.165) is 38.5 Å². The molecule has 1 atom stereocenters. The minimum atomic E-state index is -1.04. The number of ether oxygens (including phenoxy) is 1. The first-order chi connectivity index (χ1) is 17.8. The Morgan fingerprint density at radius 1 is 1.14 bits per heavy atom. The van der Waals surface area contributed by atoms with Gasteiger partial charge in [0.25, 0.3) is 5.91 Å². The third kappa shape index (κ3) is 5.58. The van der Waals surface area contributed by atoms with Gasteiger partial charge >= 0.3 is 0 Å². The van der Waals surface area contributed by atoms with E-state index in [1.807, 2.05) is 6.92 Å². The van der Waals surface area contributed by atoms with Gasteiger partial charge in [0.1, 0.15) is 35.2 Å². The van der Waals surface area contributed by atoms with Crippen LogP contribution in [-0.4, -0.2) is 56.7 Å². The number of rotatable bonds is 8. The maximum atomic E-state index is 14.0. The van der Waals surface area contributed by atoms with Crippen molar-refractivity contribution in [3.63, 3.8) is 0 Å². The van der Waals surface area contributed by atoms with E-state index in [2.05, 4.69) is 25.6 Å². The first-order valence-electron chi connectivity index (χ1n) is 12.9. The van der Waals surface area contributed by atoms with Gasteiger partial charge in [0.2, 0.25) is 5.91 Å². The Hall–Kier alpha value is -3.53. The number of hydrogen-bond donors (Lipinski definition) is 4. The Morgan fingerprint density at radius 3 is 2.51 bits per heavy atom. The second kappa shape index (κ2) is 10.5. The number of aliphatic hydroxyl groups excluding tert-OH is 1. The molecule has 2 aliphatic rings. The highest BCUT2D eigenvalue weighted by atomic mass is 19.1. The summed E-state index contributed by atoms with van der Waals surface area (Å²) in [6.45, 7) is 3.79. The van der Waals surface area contributed by atoms with Gasteiger partial charge in [-0.15, -0.1) is 0 Å². The van der Waals surface area contributed by atoms with Crippen LogP contribution < -0.4 is 15.4 Å². The Kier molecular flexibility index (Phi) is 7.10. The van der Waals surface area contributed by atoms with Crippen molar-refractivity contribution >= 4 is 22.8 Å². The van der Waals surface area contributed by atoms with Crippen LogP contribution in [0.1, 0.15) is 61.5 Å². The first-order valence-corrected chi connectivity index (χ1v) is 12.9. The Labute approximate surface area is 214 Å². The summed E-state index contributed by atoms with van der Waals surface area (Å²) < 4.78 is 20.0. The molecule has 0 bridgehead atoms. The number of H-pyrrole nitrogens is 1. The van der Waals surface area contributed by atoms with E-state index in [-0.39, 0.29) is 29.7 Å². The maximum Gasteiger partial charge on any atom is 0.255 e. The maximum absolute atomic E-state index is 14.0. The van der Waals surface area contributed by atoms with Gasteiger partial charge in [-0.3, -0.25) is 9.59 Å². The summed E-state index contributed by atoms with van der Waals surface area (Å²) in [7, 11) is 0.